The molecule has 0 unspecified atom stereocenters. The summed E-state index contributed by atoms with van der Waals surface area (Å²) in [6.45, 7) is 3.52. The molecule has 1 rings (SSSR count). The summed E-state index contributed by atoms with van der Waals surface area (Å²) in [4.78, 5) is 24.7. The van der Waals surface area contributed by atoms with Gasteiger partial charge in [0, 0.05) is 13.1 Å². The Morgan fingerprint density at radius 3 is 2.53 bits per heavy atom. The largest absolute Gasteiger partial charge is 0.504 e. The number of hydrogen-bond acceptors (Lipinski definition) is 4. The van der Waals surface area contributed by atoms with Crippen molar-refractivity contribution in [1.29, 1.82) is 0 Å². The number of likely N-dealkylation sites (N-methyl/N-ethyl adjacent to an activating group) is 1. The summed E-state index contributed by atoms with van der Waals surface area (Å²) in [6, 6.07) is 4.10. The topological polar surface area (TPSA) is 89.9 Å². The van der Waals surface area contributed by atoms with Crippen LogP contribution in [0.1, 0.15) is 24.2 Å². The van der Waals surface area contributed by atoms with Crippen LogP contribution in [0.5, 0.6) is 11.5 Å². The van der Waals surface area contributed by atoms with Crippen LogP contribution in [0.25, 0.3) is 0 Å². The van der Waals surface area contributed by atoms with Gasteiger partial charge in [-0.15, -0.1) is 0 Å². The van der Waals surface area contributed by atoms with E-state index in [9.17, 15) is 19.8 Å². The molecule has 2 amide bonds. The molecule has 0 spiro atoms. The summed E-state index contributed by atoms with van der Waals surface area (Å²) in [7, 11) is 1.45. The number of hydrogen-bond donors (Lipinski definition) is 3. The van der Waals surface area contributed by atoms with E-state index in [-0.39, 0.29) is 29.8 Å². The summed E-state index contributed by atoms with van der Waals surface area (Å²) in [6.07, 6.45) is 0. The highest BCUT2D eigenvalue weighted by atomic mass is 16.3. The third-order valence-electron chi connectivity index (χ3n) is 2.42. The van der Waals surface area contributed by atoms with E-state index < -0.39 is 11.7 Å². The quantitative estimate of drug-likeness (QED) is 0.700. The molecule has 0 aromatic heterocycles. The molecule has 1 aromatic carbocycles. The molecule has 6 nitrogen and oxygen atoms in total. The number of carbonyl (C=O) groups is 2. The lowest BCUT2D eigenvalue weighted by atomic mass is 10.1. The maximum Gasteiger partial charge on any atom is 0.257 e. The number of nitrogens with zero attached hydrogens (tertiary/aromatic N) is 1. The smallest absolute Gasteiger partial charge is 0.257 e. The molecule has 19 heavy (non-hydrogen) atoms. The van der Waals surface area contributed by atoms with E-state index in [1.54, 1.807) is 0 Å². The van der Waals surface area contributed by atoms with E-state index in [0.717, 1.165) is 0 Å². The Bertz CT molecular complexity index is 486. The third-order valence-corrected chi connectivity index (χ3v) is 2.42. The van der Waals surface area contributed by atoms with Gasteiger partial charge < -0.3 is 20.4 Å². The Hall–Kier alpha value is -2.24. The Balaban J connectivity index is 2.77. The van der Waals surface area contributed by atoms with Crippen LogP contribution in [-0.2, 0) is 4.79 Å². The van der Waals surface area contributed by atoms with Crippen molar-refractivity contribution in [1.82, 2.24) is 10.2 Å². The van der Waals surface area contributed by atoms with Crippen molar-refractivity contribution in [2.24, 2.45) is 0 Å². The number of rotatable bonds is 4. The van der Waals surface area contributed by atoms with Gasteiger partial charge in [-0.05, 0) is 26.0 Å². The van der Waals surface area contributed by atoms with Crippen molar-refractivity contribution in [3.63, 3.8) is 0 Å². The standard InChI is InChI=1S/C13H18N2O4/c1-8(2)14-11(17)7-15(3)13(19)9-5-4-6-10(16)12(9)18/h4-6,8,16,18H,7H2,1-3H3,(H,14,17). The summed E-state index contributed by atoms with van der Waals surface area (Å²) in [5, 5.41) is 21.6. The van der Waals surface area contributed by atoms with Crippen molar-refractivity contribution in [3.05, 3.63) is 23.8 Å². The van der Waals surface area contributed by atoms with Crippen LogP contribution in [0.2, 0.25) is 0 Å². The molecule has 0 atom stereocenters. The fourth-order valence-electron chi connectivity index (χ4n) is 1.56. The number of phenolic OH excluding ortho intramolecular Hbond substituents is 2. The summed E-state index contributed by atoms with van der Waals surface area (Å²) < 4.78 is 0. The molecule has 0 saturated carbocycles. The van der Waals surface area contributed by atoms with Gasteiger partial charge in [-0.3, -0.25) is 9.59 Å². The molecule has 0 heterocycles. The first kappa shape index (κ1) is 14.8. The molecule has 1 aromatic rings. The van der Waals surface area contributed by atoms with Gasteiger partial charge in [0.2, 0.25) is 5.91 Å². The number of aromatic hydroxyl groups is 2. The molecule has 0 bridgehead atoms. The zero-order valence-electron chi connectivity index (χ0n) is 11.2. The monoisotopic (exact) mass is 266 g/mol. The molecule has 3 N–H and O–H groups in total. The van der Waals surface area contributed by atoms with Crippen molar-refractivity contribution in [2.45, 2.75) is 19.9 Å². The summed E-state index contributed by atoms with van der Waals surface area (Å²) in [5.41, 5.74) is -0.0418. The second-order valence-electron chi connectivity index (χ2n) is 4.56. The second kappa shape index (κ2) is 6.08. The van der Waals surface area contributed by atoms with E-state index in [1.165, 1.54) is 30.1 Å². The zero-order chi connectivity index (χ0) is 14.6. The van der Waals surface area contributed by atoms with Crippen LogP contribution >= 0.6 is 0 Å². The fraction of sp³-hybridized carbons (Fsp3) is 0.385. The van der Waals surface area contributed by atoms with Gasteiger partial charge >= 0.3 is 0 Å². The average Bonchev–Trinajstić information content (AvgIpc) is 2.30. The first-order chi connectivity index (χ1) is 8.82. The van der Waals surface area contributed by atoms with Crippen LogP contribution in [0, 0.1) is 0 Å². The number of carbonyl (C=O) groups excluding carboxylic acids is 2. The Morgan fingerprint density at radius 2 is 1.95 bits per heavy atom. The summed E-state index contributed by atoms with van der Waals surface area (Å²) in [5.74, 6) is -1.67. The molecule has 0 fully saturated rings. The molecule has 104 valence electrons. The lowest BCUT2D eigenvalue weighted by Gasteiger charge is -2.18. The fourth-order valence-corrected chi connectivity index (χ4v) is 1.56. The highest BCUT2D eigenvalue weighted by molar-refractivity contribution is 5.99. The minimum Gasteiger partial charge on any atom is -0.504 e. The molecule has 6 heteroatoms. The predicted molar refractivity (Wildman–Crippen MR) is 70.0 cm³/mol. The number of para-hydroxylation sites is 1. The number of phenols is 2. The van der Waals surface area contributed by atoms with E-state index >= 15 is 0 Å². The van der Waals surface area contributed by atoms with E-state index in [2.05, 4.69) is 5.32 Å². The van der Waals surface area contributed by atoms with Crippen LogP contribution in [0.15, 0.2) is 18.2 Å². The molecular formula is C13H18N2O4. The van der Waals surface area contributed by atoms with Gasteiger partial charge in [0.25, 0.3) is 5.91 Å². The maximum atomic E-state index is 12.0. The molecular weight excluding hydrogens is 248 g/mol. The van der Waals surface area contributed by atoms with Crippen molar-refractivity contribution in [3.8, 4) is 11.5 Å². The molecule has 0 saturated heterocycles. The Morgan fingerprint density at radius 1 is 1.32 bits per heavy atom. The minimum atomic E-state index is -0.535. The average molecular weight is 266 g/mol. The van der Waals surface area contributed by atoms with Gasteiger partial charge in [0.1, 0.15) is 0 Å². The minimum absolute atomic E-state index is 0.00910. The first-order valence-corrected chi connectivity index (χ1v) is 5.88. The normalized spacial score (nSPS) is 10.3. The lowest BCUT2D eigenvalue weighted by molar-refractivity contribution is -0.122. The number of benzene rings is 1. The van der Waals surface area contributed by atoms with Gasteiger partial charge in [0.05, 0.1) is 12.1 Å². The number of nitrogens with one attached hydrogen (secondary N) is 1. The predicted octanol–water partition coefficient (Wildman–Crippen LogP) is 0.694. The van der Waals surface area contributed by atoms with Crippen LogP contribution < -0.4 is 5.32 Å². The van der Waals surface area contributed by atoms with Crippen LogP contribution in [0.3, 0.4) is 0 Å². The SMILES string of the molecule is CC(C)NC(=O)CN(C)C(=O)c1cccc(O)c1O. The van der Waals surface area contributed by atoms with E-state index in [1.807, 2.05) is 13.8 Å². The molecule has 0 aliphatic carbocycles. The first-order valence-electron chi connectivity index (χ1n) is 5.88. The van der Waals surface area contributed by atoms with E-state index in [0.29, 0.717) is 0 Å². The zero-order valence-corrected chi connectivity index (χ0v) is 11.2. The lowest BCUT2D eigenvalue weighted by Crippen LogP contribution is -2.40. The Kier molecular flexibility index (Phi) is 4.74. The summed E-state index contributed by atoms with van der Waals surface area (Å²) >= 11 is 0. The molecule has 0 radical (unpaired) electrons. The van der Waals surface area contributed by atoms with Gasteiger partial charge in [-0.2, -0.15) is 0 Å². The van der Waals surface area contributed by atoms with Crippen molar-refractivity contribution >= 4 is 11.8 Å². The van der Waals surface area contributed by atoms with Gasteiger partial charge in [0.15, 0.2) is 11.5 Å². The van der Waals surface area contributed by atoms with Crippen molar-refractivity contribution < 1.29 is 19.8 Å². The Labute approximate surface area is 111 Å². The van der Waals surface area contributed by atoms with E-state index in [4.69, 9.17) is 0 Å². The third kappa shape index (κ3) is 3.87. The van der Waals surface area contributed by atoms with Gasteiger partial charge in [-0.25, -0.2) is 0 Å². The van der Waals surface area contributed by atoms with Crippen LogP contribution in [-0.4, -0.2) is 46.6 Å². The second-order valence-corrected chi connectivity index (χ2v) is 4.56. The van der Waals surface area contributed by atoms with Crippen molar-refractivity contribution in [2.75, 3.05) is 13.6 Å². The number of amides is 2. The molecule has 0 aliphatic rings. The van der Waals surface area contributed by atoms with Crippen LogP contribution in [0.4, 0.5) is 0 Å². The maximum absolute atomic E-state index is 12.0. The molecule has 0 aliphatic heterocycles. The highest BCUT2D eigenvalue weighted by Crippen LogP contribution is 2.28. The van der Waals surface area contributed by atoms with Gasteiger partial charge in [-0.1, -0.05) is 6.07 Å². The highest BCUT2D eigenvalue weighted by Gasteiger charge is 2.19.